The fraction of sp³-hybridized carbons (Fsp3) is 0.562. The van der Waals surface area contributed by atoms with Gasteiger partial charge < -0.3 is 0 Å². The number of fused-ring (bicyclic) bond motifs is 1. The Morgan fingerprint density at radius 2 is 1.75 bits per heavy atom. The molecule has 0 spiro atoms. The highest BCUT2D eigenvalue weighted by molar-refractivity contribution is 5.83. The highest BCUT2D eigenvalue weighted by Crippen LogP contribution is 2.43. The van der Waals surface area contributed by atoms with Gasteiger partial charge in [-0.15, -0.1) is 0 Å². The number of allylic oxidation sites excluding steroid dienone is 2. The average molecular weight is 276 g/mol. The molecule has 1 heterocycles. The molecule has 0 saturated carbocycles. The third-order valence-electron chi connectivity index (χ3n) is 4.28. The van der Waals surface area contributed by atoms with Crippen molar-refractivity contribution in [2.75, 3.05) is 0 Å². The quantitative estimate of drug-likeness (QED) is 0.610. The SMILES string of the molecule is CC(=C(F)C=O)c1cnc2c(n1)C(C)(C)CCC2(C)C. The molecule has 0 aromatic carbocycles. The molecule has 1 aromatic rings. The van der Waals surface area contributed by atoms with Crippen LogP contribution < -0.4 is 0 Å². The van der Waals surface area contributed by atoms with Crippen molar-refractivity contribution in [1.29, 1.82) is 0 Å². The molecule has 1 aliphatic rings. The van der Waals surface area contributed by atoms with Crippen LogP contribution in [0.25, 0.3) is 5.57 Å². The molecule has 0 saturated heterocycles. The van der Waals surface area contributed by atoms with Crippen LogP contribution in [-0.2, 0) is 15.6 Å². The maximum Gasteiger partial charge on any atom is 0.178 e. The number of rotatable bonds is 2. The van der Waals surface area contributed by atoms with Crippen molar-refractivity contribution in [2.45, 2.75) is 58.3 Å². The largest absolute Gasteiger partial charge is 0.295 e. The number of aldehydes is 1. The maximum absolute atomic E-state index is 13.4. The molecule has 0 bridgehead atoms. The molecule has 20 heavy (non-hydrogen) atoms. The van der Waals surface area contributed by atoms with E-state index >= 15 is 0 Å². The van der Waals surface area contributed by atoms with Crippen LogP contribution in [0, 0.1) is 0 Å². The summed E-state index contributed by atoms with van der Waals surface area (Å²) in [5.41, 5.74) is 2.50. The summed E-state index contributed by atoms with van der Waals surface area (Å²) in [4.78, 5) is 19.7. The number of hydrogen-bond acceptors (Lipinski definition) is 3. The molecule has 0 N–H and O–H groups in total. The van der Waals surface area contributed by atoms with E-state index < -0.39 is 5.83 Å². The summed E-state index contributed by atoms with van der Waals surface area (Å²) >= 11 is 0. The van der Waals surface area contributed by atoms with Gasteiger partial charge in [0.05, 0.1) is 23.3 Å². The van der Waals surface area contributed by atoms with Gasteiger partial charge >= 0.3 is 0 Å². The maximum atomic E-state index is 13.4. The van der Waals surface area contributed by atoms with Crippen LogP contribution in [0.2, 0.25) is 0 Å². The molecule has 0 radical (unpaired) electrons. The number of hydrogen-bond donors (Lipinski definition) is 0. The highest BCUT2D eigenvalue weighted by atomic mass is 19.1. The van der Waals surface area contributed by atoms with E-state index in [1.165, 1.54) is 0 Å². The first-order chi connectivity index (χ1) is 9.19. The van der Waals surface area contributed by atoms with Crippen LogP contribution in [0.1, 0.15) is 64.5 Å². The average Bonchev–Trinajstić information content (AvgIpc) is 2.42. The Kier molecular flexibility index (Phi) is 3.53. The van der Waals surface area contributed by atoms with Gasteiger partial charge in [-0.25, -0.2) is 9.37 Å². The zero-order valence-electron chi connectivity index (χ0n) is 12.7. The van der Waals surface area contributed by atoms with Gasteiger partial charge in [-0.2, -0.15) is 0 Å². The third kappa shape index (κ3) is 2.39. The number of carbonyl (C=O) groups is 1. The lowest BCUT2D eigenvalue weighted by molar-refractivity contribution is -0.106. The monoisotopic (exact) mass is 276 g/mol. The van der Waals surface area contributed by atoms with Crippen LogP contribution in [0.4, 0.5) is 4.39 Å². The summed E-state index contributed by atoms with van der Waals surface area (Å²) in [5, 5.41) is 0. The number of nitrogens with zero attached hydrogens (tertiary/aromatic N) is 2. The molecule has 3 nitrogen and oxygen atoms in total. The second kappa shape index (κ2) is 4.76. The van der Waals surface area contributed by atoms with Gasteiger partial charge in [-0.1, -0.05) is 27.7 Å². The Balaban J connectivity index is 2.63. The van der Waals surface area contributed by atoms with E-state index in [-0.39, 0.29) is 22.7 Å². The number of aromatic nitrogens is 2. The number of carbonyl (C=O) groups excluding carboxylic acids is 1. The van der Waals surface area contributed by atoms with E-state index in [4.69, 9.17) is 0 Å². The Bertz CT molecular complexity index is 588. The summed E-state index contributed by atoms with van der Waals surface area (Å²) in [6, 6.07) is 0. The minimum absolute atomic E-state index is 0.0167. The van der Waals surface area contributed by atoms with Gasteiger partial charge in [0.15, 0.2) is 12.1 Å². The lowest BCUT2D eigenvalue weighted by atomic mass is 9.67. The number of halogens is 1. The van der Waals surface area contributed by atoms with Crippen molar-refractivity contribution in [1.82, 2.24) is 9.97 Å². The van der Waals surface area contributed by atoms with Crippen molar-refractivity contribution < 1.29 is 9.18 Å². The minimum atomic E-state index is -0.785. The highest BCUT2D eigenvalue weighted by Gasteiger charge is 2.39. The summed E-state index contributed by atoms with van der Waals surface area (Å²) in [6.07, 6.45) is 3.86. The zero-order valence-corrected chi connectivity index (χ0v) is 12.7. The van der Waals surface area contributed by atoms with Crippen LogP contribution in [0.5, 0.6) is 0 Å². The Morgan fingerprint density at radius 3 is 2.30 bits per heavy atom. The van der Waals surface area contributed by atoms with E-state index in [9.17, 15) is 9.18 Å². The minimum Gasteiger partial charge on any atom is -0.295 e. The van der Waals surface area contributed by atoms with E-state index in [2.05, 4.69) is 37.7 Å². The predicted molar refractivity (Wildman–Crippen MR) is 77.1 cm³/mol. The van der Waals surface area contributed by atoms with Crippen molar-refractivity contribution in [3.63, 3.8) is 0 Å². The Hall–Kier alpha value is -1.58. The molecule has 108 valence electrons. The van der Waals surface area contributed by atoms with Gasteiger partial charge in [0, 0.05) is 16.4 Å². The van der Waals surface area contributed by atoms with Crippen LogP contribution in [0.3, 0.4) is 0 Å². The smallest absolute Gasteiger partial charge is 0.178 e. The van der Waals surface area contributed by atoms with Gasteiger partial charge in [0.1, 0.15) is 0 Å². The van der Waals surface area contributed by atoms with Crippen LogP contribution in [0.15, 0.2) is 12.0 Å². The van der Waals surface area contributed by atoms with Gasteiger partial charge in [-0.3, -0.25) is 9.78 Å². The molecule has 0 aliphatic heterocycles. The zero-order chi connectivity index (χ0) is 15.1. The van der Waals surface area contributed by atoms with Crippen molar-refractivity contribution >= 4 is 11.9 Å². The van der Waals surface area contributed by atoms with E-state index in [1.54, 1.807) is 13.1 Å². The van der Waals surface area contributed by atoms with Crippen molar-refractivity contribution in [3.05, 3.63) is 29.1 Å². The standard InChI is InChI=1S/C16H21FN2O/c1-10(11(17)9-20)12-8-18-13-14(19-12)16(4,5)7-6-15(13,2)3/h8-9H,6-7H2,1-5H3. The second-order valence-electron chi connectivity index (χ2n) is 6.81. The normalized spacial score (nSPS) is 20.9. The van der Waals surface area contributed by atoms with Gasteiger partial charge in [0.25, 0.3) is 0 Å². The predicted octanol–water partition coefficient (Wildman–Crippen LogP) is 3.73. The molecule has 0 unspecified atom stereocenters. The lowest BCUT2D eigenvalue weighted by Crippen LogP contribution is -2.36. The Morgan fingerprint density at radius 1 is 1.20 bits per heavy atom. The van der Waals surface area contributed by atoms with Crippen LogP contribution >= 0.6 is 0 Å². The summed E-state index contributed by atoms with van der Waals surface area (Å²) in [6.45, 7) is 10.1. The van der Waals surface area contributed by atoms with Crippen molar-refractivity contribution in [3.8, 4) is 0 Å². The molecule has 1 aliphatic carbocycles. The van der Waals surface area contributed by atoms with E-state index in [1.807, 2.05) is 0 Å². The molecule has 0 atom stereocenters. The molecule has 1 aromatic heterocycles. The Labute approximate surface area is 119 Å². The molecule has 0 amide bonds. The molecular formula is C16H21FN2O. The van der Waals surface area contributed by atoms with Crippen molar-refractivity contribution in [2.24, 2.45) is 0 Å². The second-order valence-corrected chi connectivity index (χ2v) is 6.81. The third-order valence-corrected chi connectivity index (χ3v) is 4.28. The van der Waals surface area contributed by atoms with Gasteiger partial charge in [-0.05, 0) is 19.8 Å². The fourth-order valence-corrected chi connectivity index (χ4v) is 2.61. The topological polar surface area (TPSA) is 42.9 Å². The first-order valence-corrected chi connectivity index (χ1v) is 6.89. The molecule has 0 fully saturated rings. The molecule has 2 rings (SSSR count). The molecular weight excluding hydrogens is 255 g/mol. The van der Waals surface area contributed by atoms with Gasteiger partial charge in [0.2, 0.25) is 0 Å². The summed E-state index contributed by atoms with van der Waals surface area (Å²) in [7, 11) is 0. The first kappa shape index (κ1) is 14.8. The lowest BCUT2D eigenvalue weighted by Gasteiger charge is -2.39. The molecule has 4 heteroatoms. The summed E-state index contributed by atoms with van der Waals surface area (Å²) in [5.74, 6) is -0.785. The van der Waals surface area contributed by atoms with Crippen LogP contribution in [-0.4, -0.2) is 16.3 Å². The van der Waals surface area contributed by atoms with E-state index in [0.29, 0.717) is 5.69 Å². The first-order valence-electron chi connectivity index (χ1n) is 6.89. The summed E-state index contributed by atoms with van der Waals surface area (Å²) < 4.78 is 13.4. The van der Waals surface area contributed by atoms with E-state index in [0.717, 1.165) is 24.2 Å². The fourth-order valence-electron chi connectivity index (χ4n) is 2.61.